The van der Waals surface area contributed by atoms with Gasteiger partial charge in [0.2, 0.25) is 0 Å². The zero-order valence-corrected chi connectivity index (χ0v) is 11.6. The van der Waals surface area contributed by atoms with Crippen molar-refractivity contribution in [2.75, 3.05) is 24.8 Å². The van der Waals surface area contributed by atoms with Gasteiger partial charge in [0.25, 0.3) is 0 Å². The summed E-state index contributed by atoms with van der Waals surface area (Å²) in [7, 11) is 3.65. The molecule has 2 N–H and O–H groups in total. The van der Waals surface area contributed by atoms with Gasteiger partial charge in [0.05, 0.1) is 12.8 Å². The highest BCUT2D eigenvalue weighted by Crippen LogP contribution is 2.21. The van der Waals surface area contributed by atoms with Crippen molar-refractivity contribution >= 4 is 11.5 Å². The number of nitrogens with zero attached hydrogens (tertiary/aromatic N) is 2. The Hall–Kier alpha value is -2.23. The first-order chi connectivity index (χ1) is 9.10. The lowest BCUT2D eigenvalue weighted by Crippen LogP contribution is -2.19. The van der Waals surface area contributed by atoms with Gasteiger partial charge in [0.15, 0.2) is 5.82 Å². The zero-order chi connectivity index (χ0) is 13.8. The average molecular weight is 257 g/mol. The predicted octanol–water partition coefficient (Wildman–Crippen LogP) is 2.62. The standard InChI is InChI=1S/C15H19N3O/c1-11-4-9-14(16)15(17-11)18(2)10-12-5-7-13(19-3)8-6-12/h4-9H,10,16H2,1-3H3. The summed E-state index contributed by atoms with van der Waals surface area (Å²) in [5, 5.41) is 0. The SMILES string of the molecule is COc1ccc(CN(C)c2nc(C)ccc2N)cc1. The lowest BCUT2D eigenvalue weighted by molar-refractivity contribution is 0.414. The van der Waals surface area contributed by atoms with Gasteiger partial charge in [-0.25, -0.2) is 4.98 Å². The van der Waals surface area contributed by atoms with E-state index in [1.165, 1.54) is 5.56 Å². The second-order valence-electron chi connectivity index (χ2n) is 4.57. The van der Waals surface area contributed by atoms with Crippen LogP contribution in [0.3, 0.4) is 0 Å². The number of rotatable bonds is 4. The molecular weight excluding hydrogens is 238 g/mol. The summed E-state index contributed by atoms with van der Waals surface area (Å²) in [5.74, 6) is 1.68. The molecule has 1 heterocycles. The lowest BCUT2D eigenvalue weighted by atomic mass is 10.2. The van der Waals surface area contributed by atoms with Crippen molar-refractivity contribution in [1.29, 1.82) is 0 Å². The lowest BCUT2D eigenvalue weighted by Gasteiger charge is -2.20. The normalized spacial score (nSPS) is 10.3. The minimum Gasteiger partial charge on any atom is -0.497 e. The van der Waals surface area contributed by atoms with E-state index in [-0.39, 0.29) is 0 Å². The van der Waals surface area contributed by atoms with E-state index in [0.717, 1.165) is 23.8 Å². The van der Waals surface area contributed by atoms with Crippen LogP contribution < -0.4 is 15.4 Å². The molecule has 0 aliphatic heterocycles. The van der Waals surface area contributed by atoms with E-state index in [0.29, 0.717) is 5.69 Å². The van der Waals surface area contributed by atoms with Gasteiger partial charge < -0.3 is 15.4 Å². The third-order valence-electron chi connectivity index (χ3n) is 2.98. The van der Waals surface area contributed by atoms with Crippen LogP contribution in [0.5, 0.6) is 5.75 Å². The van der Waals surface area contributed by atoms with Gasteiger partial charge in [-0.3, -0.25) is 0 Å². The fraction of sp³-hybridized carbons (Fsp3) is 0.267. The van der Waals surface area contributed by atoms with Crippen LogP contribution in [0.25, 0.3) is 0 Å². The number of aryl methyl sites for hydroxylation is 1. The molecule has 1 aromatic heterocycles. The summed E-state index contributed by atoms with van der Waals surface area (Å²) >= 11 is 0. The fourth-order valence-electron chi connectivity index (χ4n) is 1.94. The van der Waals surface area contributed by atoms with Crippen LogP contribution in [-0.4, -0.2) is 19.1 Å². The summed E-state index contributed by atoms with van der Waals surface area (Å²) < 4.78 is 5.15. The highest BCUT2D eigenvalue weighted by molar-refractivity contribution is 5.62. The van der Waals surface area contributed by atoms with E-state index < -0.39 is 0 Å². The van der Waals surface area contributed by atoms with Gasteiger partial charge in [-0.05, 0) is 36.8 Å². The molecule has 0 spiro atoms. The average Bonchev–Trinajstić information content (AvgIpc) is 2.42. The molecule has 0 atom stereocenters. The molecular formula is C15H19N3O. The van der Waals surface area contributed by atoms with Crippen molar-refractivity contribution in [3.8, 4) is 5.75 Å². The van der Waals surface area contributed by atoms with Crippen molar-refractivity contribution in [1.82, 2.24) is 4.98 Å². The summed E-state index contributed by atoms with van der Waals surface area (Å²) in [6.45, 7) is 2.72. The van der Waals surface area contributed by atoms with Crippen LogP contribution >= 0.6 is 0 Å². The maximum atomic E-state index is 5.97. The number of benzene rings is 1. The number of pyridine rings is 1. The number of anilines is 2. The van der Waals surface area contributed by atoms with Crippen LogP contribution in [0.15, 0.2) is 36.4 Å². The summed E-state index contributed by atoms with van der Waals surface area (Å²) in [4.78, 5) is 6.52. The van der Waals surface area contributed by atoms with E-state index >= 15 is 0 Å². The Morgan fingerprint density at radius 3 is 2.47 bits per heavy atom. The first-order valence-corrected chi connectivity index (χ1v) is 6.17. The number of aromatic nitrogens is 1. The Morgan fingerprint density at radius 2 is 1.84 bits per heavy atom. The van der Waals surface area contributed by atoms with Gasteiger partial charge >= 0.3 is 0 Å². The molecule has 0 aliphatic rings. The predicted molar refractivity (Wildman–Crippen MR) is 78.5 cm³/mol. The number of methoxy groups -OCH3 is 1. The van der Waals surface area contributed by atoms with Crippen molar-refractivity contribution in [2.24, 2.45) is 0 Å². The molecule has 0 fully saturated rings. The number of ether oxygens (including phenoxy) is 1. The topological polar surface area (TPSA) is 51.4 Å². The molecule has 100 valence electrons. The van der Waals surface area contributed by atoms with Gasteiger partial charge in [0, 0.05) is 19.3 Å². The van der Waals surface area contributed by atoms with Crippen molar-refractivity contribution in [3.63, 3.8) is 0 Å². The Balaban J connectivity index is 2.15. The second kappa shape index (κ2) is 5.61. The fourth-order valence-corrected chi connectivity index (χ4v) is 1.94. The molecule has 0 bridgehead atoms. The maximum absolute atomic E-state index is 5.97. The van der Waals surface area contributed by atoms with Crippen LogP contribution in [0.4, 0.5) is 11.5 Å². The van der Waals surface area contributed by atoms with E-state index in [1.54, 1.807) is 7.11 Å². The third kappa shape index (κ3) is 3.16. The monoisotopic (exact) mass is 257 g/mol. The number of nitrogens with two attached hydrogens (primary N) is 1. The first-order valence-electron chi connectivity index (χ1n) is 6.17. The molecule has 0 radical (unpaired) electrons. The van der Waals surface area contributed by atoms with Crippen molar-refractivity contribution in [3.05, 3.63) is 47.7 Å². The Morgan fingerprint density at radius 1 is 1.16 bits per heavy atom. The quantitative estimate of drug-likeness (QED) is 0.914. The van der Waals surface area contributed by atoms with Crippen LogP contribution in [0, 0.1) is 6.92 Å². The summed E-state index contributed by atoms with van der Waals surface area (Å²) in [6, 6.07) is 11.8. The summed E-state index contributed by atoms with van der Waals surface area (Å²) in [5.41, 5.74) is 8.81. The molecule has 4 nitrogen and oxygen atoms in total. The van der Waals surface area contributed by atoms with Crippen LogP contribution in [0.1, 0.15) is 11.3 Å². The van der Waals surface area contributed by atoms with E-state index in [1.807, 2.05) is 55.3 Å². The minimum atomic E-state index is 0.696. The molecule has 2 aromatic rings. The largest absolute Gasteiger partial charge is 0.497 e. The summed E-state index contributed by atoms with van der Waals surface area (Å²) in [6.07, 6.45) is 0. The van der Waals surface area contributed by atoms with Gasteiger partial charge in [-0.2, -0.15) is 0 Å². The smallest absolute Gasteiger partial charge is 0.152 e. The van der Waals surface area contributed by atoms with E-state index in [9.17, 15) is 0 Å². The molecule has 1 aromatic carbocycles. The highest BCUT2D eigenvalue weighted by atomic mass is 16.5. The molecule has 0 amide bonds. The molecule has 19 heavy (non-hydrogen) atoms. The Kier molecular flexibility index (Phi) is 3.90. The Bertz CT molecular complexity index is 552. The zero-order valence-electron chi connectivity index (χ0n) is 11.6. The van der Waals surface area contributed by atoms with Crippen molar-refractivity contribution in [2.45, 2.75) is 13.5 Å². The van der Waals surface area contributed by atoms with Gasteiger partial charge in [0.1, 0.15) is 5.75 Å². The van der Waals surface area contributed by atoms with E-state index in [2.05, 4.69) is 4.98 Å². The number of hydrogen-bond acceptors (Lipinski definition) is 4. The molecule has 4 heteroatoms. The van der Waals surface area contributed by atoms with Crippen LogP contribution in [-0.2, 0) is 6.54 Å². The molecule has 0 aliphatic carbocycles. The van der Waals surface area contributed by atoms with Gasteiger partial charge in [-0.1, -0.05) is 12.1 Å². The molecule has 2 rings (SSSR count). The van der Waals surface area contributed by atoms with Crippen molar-refractivity contribution < 1.29 is 4.74 Å². The molecule has 0 unspecified atom stereocenters. The molecule has 0 saturated heterocycles. The first kappa shape index (κ1) is 13.2. The minimum absolute atomic E-state index is 0.696. The van der Waals surface area contributed by atoms with E-state index in [4.69, 9.17) is 10.5 Å². The van der Waals surface area contributed by atoms with Gasteiger partial charge in [-0.15, -0.1) is 0 Å². The third-order valence-corrected chi connectivity index (χ3v) is 2.98. The Labute approximate surface area is 113 Å². The highest BCUT2D eigenvalue weighted by Gasteiger charge is 2.08. The number of nitrogen functional groups attached to an aromatic ring is 1. The van der Waals surface area contributed by atoms with Crippen LogP contribution in [0.2, 0.25) is 0 Å². The number of hydrogen-bond donors (Lipinski definition) is 1. The molecule has 0 saturated carbocycles. The maximum Gasteiger partial charge on any atom is 0.152 e. The second-order valence-corrected chi connectivity index (χ2v) is 4.57.